The van der Waals surface area contributed by atoms with Crippen molar-refractivity contribution < 1.29 is 4.79 Å². The average molecular weight is 346 g/mol. The lowest BCUT2D eigenvalue weighted by atomic mass is 9.78. The molecule has 2 rings (SSSR count). The SMILES string of the molecule is CCSc1nnc(SCC(=O)N[C@@H]2CCC[C@H](C)[C@@H]2C)s1. The lowest BCUT2D eigenvalue weighted by molar-refractivity contribution is -0.119. The summed E-state index contributed by atoms with van der Waals surface area (Å²) in [4.78, 5) is 12.1. The van der Waals surface area contributed by atoms with Crippen molar-refractivity contribution in [2.24, 2.45) is 11.8 Å². The molecule has 0 radical (unpaired) electrons. The Bertz CT molecular complexity index is 466. The van der Waals surface area contributed by atoms with E-state index in [9.17, 15) is 4.79 Å². The van der Waals surface area contributed by atoms with Gasteiger partial charge in [-0.1, -0.05) is 68.5 Å². The van der Waals surface area contributed by atoms with Crippen molar-refractivity contribution in [3.05, 3.63) is 0 Å². The molecule has 0 unspecified atom stereocenters. The minimum Gasteiger partial charge on any atom is -0.352 e. The molecule has 0 aliphatic heterocycles. The molecule has 1 N–H and O–H groups in total. The second kappa shape index (κ2) is 8.39. The molecule has 118 valence electrons. The first kappa shape index (κ1) is 17.1. The summed E-state index contributed by atoms with van der Waals surface area (Å²) in [5.74, 6) is 2.82. The van der Waals surface area contributed by atoms with Gasteiger partial charge in [-0.05, 0) is 24.0 Å². The lowest BCUT2D eigenvalue weighted by Crippen LogP contribution is -2.44. The van der Waals surface area contributed by atoms with Crippen LogP contribution in [-0.4, -0.2) is 33.7 Å². The number of carbonyl (C=O) groups is 1. The highest BCUT2D eigenvalue weighted by Gasteiger charge is 2.28. The van der Waals surface area contributed by atoms with E-state index in [4.69, 9.17) is 0 Å². The van der Waals surface area contributed by atoms with Crippen LogP contribution in [0.4, 0.5) is 0 Å². The van der Waals surface area contributed by atoms with Gasteiger partial charge in [0.2, 0.25) is 5.91 Å². The molecule has 21 heavy (non-hydrogen) atoms. The van der Waals surface area contributed by atoms with Crippen molar-refractivity contribution in [2.45, 2.75) is 54.8 Å². The molecule has 1 heterocycles. The normalized spacial score (nSPS) is 25.8. The van der Waals surface area contributed by atoms with Crippen molar-refractivity contribution in [3.63, 3.8) is 0 Å². The Hall–Kier alpha value is -0.270. The number of carbonyl (C=O) groups excluding carboxylic acids is 1. The maximum atomic E-state index is 12.1. The summed E-state index contributed by atoms with van der Waals surface area (Å²) >= 11 is 4.75. The smallest absolute Gasteiger partial charge is 0.230 e. The molecule has 1 aromatic rings. The van der Waals surface area contributed by atoms with Gasteiger partial charge in [0, 0.05) is 6.04 Å². The van der Waals surface area contributed by atoms with Crippen molar-refractivity contribution >= 4 is 40.8 Å². The fraction of sp³-hybridized carbons (Fsp3) is 0.786. The van der Waals surface area contributed by atoms with Crippen LogP contribution in [0.25, 0.3) is 0 Å². The lowest BCUT2D eigenvalue weighted by Gasteiger charge is -2.34. The fourth-order valence-corrected chi connectivity index (χ4v) is 5.33. The molecule has 1 aromatic heterocycles. The van der Waals surface area contributed by atoms with Gasteiger partial charge in [0.25, 0.3) is 0 Å². The molecule has 0 bridgehead atoms. The van der Waals surface area contributed by atoms with E-state index in [1.165, 1.54) is 24.6 Å². The van der Waals surface area contributed by atoms with E-state index >= 15 is 0 Å². The standard InChI is InChI=1S/C14H23N3OS3/c1-4-19-13-16-17-14(21-13)20-8-12(18)15-11-7-5-6-9(2)10(11)3/h9-11H,4-8H2,1-3H3,(H,15,18)/t9-,10-,11+/m0/s1. The zero-order chi connectivity index (χ0) is 15.2. The second-order valence-corrected chi connectivity index (χ2v) is 9.21. The van der Waals surface area contributed by atoms with E-state index in [0.29, 0.717) is 23.6 Å². The van der Waals surface area contributed by atoms with Crippen LogP contribution in [0.15, 0.2) is 8.68 Å². The predicted molar refractivity (Wildman–Crippen MR) is 91.1 cm³/mol. The van der Waals surface area contributed by atoms with Gasteiger partial charge in [-0.15, -0.1) is 10.2 Å². The van der Waals surface area contributed by atoms with Crippen LogP contribution >= 0.6 is 34.9 Å². The molecular weight excluding hydrogens is 322 g/mol. The first-order valence-electron chi connectivity index (χ1n) is 7.48. The summed E-state index contributed by atoms with van der Waals surface area (Å²) < 4.78 is 1.86. The molecule has 3 atom stereocenters. The quantitative estimate of drug-likeness (QED) is 0.797. The summed E-state index contributed by atoms with van der Waals surface area (Å²) in [6, 6.07) is 0.336. The van der Waals surface area contributed by atoms with E-state index in [-0.39, 0.29) is 5.91 Å². The van der Waals surface area contributed by atoms with Gasteiger partial charge in [0.05, 0.1) is 5.75 Å². The average Bonchev–Trinajstić information content (AvgIpc) is 2.90. The van der Waals surface area contributed by atoms with Crippen LogP contribution in [0.1, 0.15) is 40.0 Å². The third-order valence-electron chi connectivity index (χ3n) is 4.04. The Labute approximate surface area is 139 Å². The van der Waals surface area contributed by atoms with Gasteiger partial charge < -0.3 is 5.32 Å². The van der Waals surface area contributed by atoms with E-state index in [1.54, 1.807) is 23.1 Å². The van der Waals surface area contributed by atoms with Gasteiger partial charge >= 0.3 is 0 Å². The number of hydrogen-bond donors (Lipinski definition) is 1. The number of amides is 1. The zero-order valence-corrected chi connectivity index (χ0v) is 15.2. The van der Waals surface area contributed by atoms with Crippen LogP contribution in [0.3, 0.4) is 0 Å². The Kier molecular flexibility index (Phi) is 6.82. The number of nitrogens with one attached hydrogen (secondary N) is 1. The second-order valence-electron chi connectivity index (χ2n) is 5.50. The number of rotatable bonds is 6. The monoisotopic (exact) mass is 345 g/mol. The molecule has 1 aliphatic rings. The minimum absolute atomic E-state index is 0.117. The molecule has 0 saturated heterocycles. The van der Waals surface area contributed by atoms with Gasteiger partial charge in [-0.25, -0.2) is 0 Å². The van der Waals surface area contributed by atoms with Crippen molar-refractivity contribution in [3.8, 4) is 0 Å². The molecular formula is C14H23N3OS3. The predicted octanol–water partition coefficient (Wildman–Crippen LogP) is 3.68. The highest BCUT2D eigenvalue weighted by atomic mass is 32.2. The Morgan fingerprint density at radius 3 is 2.71 bits per heavy atom. The van der Waals surface area contributed by atoms with Gasteiger partial charge in [0.1, 0.15) is 0 Å². The Morgan fingerprint density at radius 2 is 2.00 bits per heavy atom. The van der Waals surface area contributed by atoms with Gasteiger partial charge in [0.15, 0.2) is 8.68 Å². The van der Waals surface area contributed by atoms with Gasteiger partial charge in [-0.3, -0.25) is 4.79 Å². The maximum absolute atomic E-state index is 12.1. The molecule has 7 heteroatoms. The van der Waals surface area contributed by atoms with Gasteiger partial charge in [-0.2, -0.15) is 0 Å². The summed E-state index contributed by atoms with van der Waals surface area (Å²) in [7, 11) is 0. The molecule has 4 nitrogen and oxygen atoms in total. The highest BCUT2D eigenvalue weighted by molar-refractivity contribution is 8.03. The summed E-state index contributed by atoms with van der Waals surface area (Å²) in [6.45, 7) is 6.63. The fourth-order valence-electron chi connectivity index (χ4n) is 2.60. The summed E-state index contributed by atoms with van der Waals surface area (Å²) in [5.41, 5.74) is 0. The van der Waals surface area contributed by atoms with Crippen molar-refractivity contribution in [2.75, 3.05) is 11.5 Å². The molecule has 1 aliphatic carbocycles. The summed E-state index contributed by atoms with van der Waals surface area (Å²) in [5, 5.41) is 11.4. The zero-order valence-electron chi connectivity index (χ0n) is 12.8. The first-order chi connectivity index (χ1) is 10.1. The molecule has 0 spiro atoms. The Balaban J connectivity index is 1.76. The van der Waals surface area contributed by atoms with Crippen LogP contribution in [-0.2, 0) is 4.79 Å². The number of nitrogens with zero attached hydrogens (tertiary/aromatic N) is 2. The highest BCUT2D eigenvalue weighted by Crippen LogP contribution is 2.30. The topological polar surface area (TPSA) is 54.9 Å². The molecule has 0 aromatic carbocycles. The largest absolute Gasteiger partial charge is 0.352 e. The Morgan fingerprint density at radius 1 is 1.29 bits per heavy atom. The van der Waals surface area contributed by atoms with Crippen LogP contribution in [0.2, 0.25) is 0 Å². The molecule has 1 amide bonds. The third-order valence-corrected chi connectivity index (χ3v) is 7.11. The van der Waals surface area contributed by atoms with Crippen molar-refractivity contribution in [1.29, 1.82) is 0 Å². The first-order valence-corrected chi connectivity index (χ1v) is 10.3. The number of aromatic nitrogens is 2. The van der Waals surface area contributed by atoms with Crippen LogP contribution < -0.4 is 5.32 Å². The minimum atomic E-state index is 0.117. The molecule has 1 saturated carbocycles. The van der Waals surface area contributed by atoms with E-state index < -0.39 is 0 Å². The van der Waals surface area contributed by atoms with E-state index in [1.807, 2.05) is 0 Å². The van der Waals surface area contributed by atoms with Crippen molar-refractivity contribution in [1.82, 2.24) is 15.5 Å². The molecule has 1 fully saturated rings. The van der Waals surface area contributed by atoms with Crippen LogP contribution in [0.5, 0.6) is 0 Å². The van der Waals surface area contributed by atoms with Crippen LogP contribution in [0, 0.1) is 11.8 Å². The third kappa shape index (κ3) is 5.14. The van der Waals surface area contributed by atoms with E-state index in [0.717, 1.165) is 20.9 Å². The summed E-state index contributed by atoms with van der Waals surface area (Å²) in [6.07, 6.45) is 3.61. The number of hydrogen-bond acceptors (Lipinski definition) is 6. The van der Waals surface area contributed by atoms with E-state index in [2.05, 4.69) is 36.3 Å². The number of thioether (sulfide) groups is 2. The maximum Gasteiger partial charge on any atom is 0.230 e.